The summed E-state index contributed by atoms with van der Waals surface area (Å²) in [5.41, 5.74) is 1.45. The van der Waals surface area contributed by atoms with Crippen molar-refractivity contribution in [3.8, 4) is 0 Å². The maximum Gasteiger partial charge on any atom is 0.00748 e. The van der Waals surface area contributed by atoms with Crippen LogP contribution >= 0.6 is 11.3 Å². The quantitative estimate of drug-likeness (QED) is 0.681. The van der Waals surface area contributed by atoms with Crippen molar-refractivity contribution in [1.29, 1.82) is 0 Å². The lowest BCUT2D eigenvalue weighted by molar-refractivity contribution is 0.728. The highest BCUT2D eigenvalue weighted by Crippen LogP contribution is 2.16. The van der Waals surface area contributed by atoms with Gasteiger partial charge in [0.15, 0.2) is 0 Å². The summed E-state index contributed by atoms with van der Waals surface area (Å²) in [4.78, 5) is 1.54. The van der Waals surface area contributed by atoms with Gasteiger partial charge in [-0.2, -0.15) is 0 Å². The molecule has 0 aliphatic carbocycles. The molecule has 1 aromatic rings. The summed E-state index contributed by atoms with van der Waals surface area (Å²) in [6.07, 6.45) is 2.47. The normalized spacial score (nSPS) is 10.4. The Bertz CT molecular complexity index is 205. The van der Waals surface area contributed by atoms with Gasteiger partial charge in [-0.25, -0.2) is 0 Å². The standard InChI is InChI=1S/C9H15NS/c1-8-5-7-11-9(8)4-3-6-10-2/h5,7,10H,3-4,6H2,1-2H3. The third-order valence-electron chi connectivity index (χ3n) is 1.80. The van der Waals surface area contributed by atoms with Gasteiger partial charge in [0.2, 0.25) is 0 Å². The molecule has 0 amide bonds. The van der Waals surface area contributed by atoms with Crippen LogP contribution in [0.15, 0.2) is 11.4 Å². The summed E-state index contributed by atoms with van der Waals surface area (Å²) in [6.45, 7) is 3.31. The minimum Gasteiger partial charge on any atom is -0.320 e. The van der Waals surface area contributed by atoms with Crippen molar-refractivity contribution in [3.05, 3.63) is 21.9 Å². The molecule has 0 radical (unpaired) electrons. The molecule has 0 saturated heterocycles. The van der Waals surface area contributed by atoms with Crippen LogP contribution in [0.3, 0.4) is 0 Å². The van der Waals surface area contributed by atoms with E-state index in [4.69, 9.17) is 0 Å². The smallest absolute Gasteiger partial charge is 0.00748 e. The van der Waals surface area contributed by atoms with Gasteiger partial charge in [0, 0.05) is 4.88 Å². The van der Waals surface area contributed by atoms with Crippen LogP contribution in [0.2, 0.25) is 0 Å². The second kappa shape index (κ2) is 4.52. The Morgan fingerprint density at radius 2 is 2.36 bits per heavy atom. The van der Waals surface area contributed by atoms with Crippen molar-refractivity contribution >= 4 is 11.3 Å². The molecule has 0 bridgehead atoms. The van der Waals surface area contributed by atoms with Crippen molar-refractivity contribution in [2.75, 3.05) is 13.6 Å². The maximum atomic E-state index is 3.15. The minimum absolute atomic E-state index is 1.12. The lowest BCUT2D eigenvalue weighted by atomic mass is 10.2. The lowest BCUT2D eigenvalue weighted by Crippen LogP contribution is -2.08. The number of hydrogen-bond donors (Lipinski definition) is 1. The van der Waals surface area contributed by atoms with E-state index in [2.05, 4.69) is 23.7 Å². The van der Waals surface area contributed by atoms with Crippen LogP contribution in [-0.2, 0) is 6.42 Å². The number of thiophene rings is 1. The molecule has 0 aliphatic heterocycles. The molecule has 2 heteroatoms. The predicted molar refractivity (Wildman–Crippen MR) is 51.3 cm³/mol. The van der Waals surface area contributed by atoms with Gasteiger partial charge in [0.05, 0.1) is 0 Å². The summed E-state index contributed by atoms with van der Waals surface area (Å²) in [5, 5.41) is 5.32. The van der Waals surface area contributed by atoms with Crippen LogP contribution < -0.4 is 5.32 Å². The van der Waals surface area contributed by atoms with Gasteiger partial charge < -0.3 is 5.32 Å². The predicted octanol–water partition coefficient (Wildman–Crippen LogP) is 2.21. The molecule has 1 N–H and O–H groups in total. The highest BCUT2D eigenvalue weighted by molar-refractivity contribution is 7.10. The molecule has 0 fully saturated rings. The molecule has 1 rings (SSSR count). The van der Waals surface area contributed by atoms with Crippen LogP contribution in [0.5, 0.6) is 0 Å². The first-order valence-electron chi connectivity index (χ1n) is 4.02. The molecule has 0 unspecified atom stereocenters. The highest BCUT2D eigenvalue weighted by Gasteiger charge is 1.97. The van der Waals surface area contributed by atoms with E-state index >= 15 is 0 Å². The molecule has 0 atom stereocenters. The number of aryl methyl sites for hydroxylation is 2. The Kier molecular flexibility index (Phi) is 3.60. The Hall–Kier alpha value is -0.340. The maximum absolute atomic E-state index is 3.15. The zero-order chi connectivity index (χ0) is 8.10. The van der Waals surface area contributed by atoms with E-state index in [1.807, 2.05) is 18.4 Å². The fourth-order valence-electron chi connectivity index (χ4n) is 1.09. The average Bonchev–Trinajstić information content (AvgIpc) is 2.37. The molecule has 0 saturated carbocycles. The topological polar surface area (TPSA) is 12.0 Å². The van der Waals surface area contributed by atoms with E-state index in [0.717, 1.165) is 6.54 Å². The van der Waals surface area contributed by atoms with E-state index in [1.54, 1.807) is 4.88 Å². The first-order chi connectivity index (χ1) is 5.34. The van der Waals surface area contributed by atoms with Crippen LogP contribution in [-0.4, -0.2) is 13.6 Å². The van der Waals surface area contributed by atoms with Crippen molar-refractivity contribution in [3.63, 3.8) is 0 Å². The van der Waals surface area contributed by atoms with Crippen molar-refractivity contribution in [2.24, 2.45) is 0 Å². The third kappa shape index (κ3) is 2.64. The molecule has 1 aromatic heterocycles. The minimum atomic E-state index is 1.12. The SMILES string of the molecule is CNCCCc1sccc1C. The number of rotatable bonds is 4. The van der Waals surface area contributed by atoms with Crippen molar-refractivity contribution < 1.29 is 0 Å². The fraction of sp³-hybridized carbons (Fsp3) is 0.556. The van der Waals surface area contributed by atoms with E-state index in [1.165, 1.54) is 18.4 Å². The van der Waals surface area contributed by atoms with E-state index in [0.29, 0.717) is 0 Å². The zero-order valence-electron chi connectivity index (χ0n) is 7.18. The van der Waals surface area contributed by atoms with E-state index < -0.39 is 0 Å². The van der Waals surface area contributed by atoms with Gasteiger partial charge in [0.1, 0.15) is 0 Å². The molecule has 0 spiro atoms. The largest absolute Gasteiger partial charge is 0.320 e. The Balaban J connectivity index is 2.32. The Morgan fingerprint density at radius 3 is 2.91 bits per heavy atom. The molecule has 0 aliphatic rings. The van der Waals surface area contributed by atoms with Crippen LogP contribution in [0.4, 0.5) is 0 Å². The van der Waals surface area contributed by atoms with Crippen molar-refractivity contribution in [2.45, 2.75) is 19.8 Å². The molecule has 1 nitrogen and oxygen atoms in total. The molecule has 0 aromatic carbocycles. The number of nitrogens with one attached hydrogen (secondary N) is 1. The van der Waals surface area contributed by atoms with Gasteiger partial charge in [-0.3, -0.25) is 0 Å². The van der Waals surface area contributed by atoms with Gasteiger partial charge in [0.25, 0.3) is 0 Å². The van der Waals surface area contributed by atoms with E-state index in [9.17, 15) is 0 Å². The second-order valence-electron chi connectivity index (χ2n) is 2.73. The van der Waals surface area contributed by atoms with Gasteiger partial charge in [-0.1, -0.05) is 0 Å². The summed E-state index contributed by atoms with van der Waals surface area (Å²) < 4.78 is 0. The summed E-state index contributed by atoms with van der Waals surface area (Å²) in [7, 11) is 2.00. The lowest BCUT2D eigenvalue weighted by Gasteiger charge is -1.98. The van der Waals surface area contributed by atoms with E-state index in [-0.39, 0.29) is 0 Å². The first kappa shape index (κ1) is 8.75. The Morgan fingerprint density at radius 1 is 1.55 bits per heavy atom. The summed E-state index contributed by atoms with van der Waals surface area (Å²) in [6, 6.07) is 2.19. The molecular formula is C9H15NS. The number of hydrogen-bond acceptors (Lipinski definition) is 2. The highest BCUT2D eigenvalue weighted by atomic mass is 32.1. The van der Waals surface area contributed by atoms with Crippen molar-refractivity contribution in [1.82, 2.24) is 5.32 Å². The first-order valence-corrected chi connectivity index (χ1v) is 4.90. The second-order valence-corrected chi connectivity index (χ2v) is 3.73. The Labute approximate surface area is 72.4 Å². The van der Waals surface area contributed by atoms with Crippen LogP contribution in [0.1, 0.15) is 16.9 Å². The fourth-order valence-corrected chi connectivity index (χ4v) is 2.04. The summed E-state index contributed by atoms with van der Waals surface area (Å²) >= 11 is 1.87. The van der Waals surface area contributed by atoms with Gasteiger partial charge in [-0.15, -0.1) is 11.3 Å². The van der Waals surface area contributed by atoms with Crippen LogP contribution in [0.25, 0.3) is 0 Å². The molecule has 62 valence electrons. The van der Waals surface area contributed by atoms with Crippen LogP contribution in [0, 0.1) is 6.92 Å². The molecule has 11 heavy (non-hydrogen) atoms. The molecule has 1 heterocycles. The summed E-state index contributed by atoms with van der Waals surface area (Å²) in [5.74, 6) is 0. The zero-order valence-corrected chi connectivity index (χ0v) is 8.00. The molecular weight excluding hydrogens is 154 g/mol. The average molecular weight is 169 g/mol. The van der Waals surface area contributed by atoms with Gasteiger partial charge >= 0.3 is 0 Å². The third-order valence-corrected chi connectivity index (χ3v) is 2.88. The monoisotopic (exact) mass is 169 g/mol. The van der Waals surface area contributed by atoms with Gasteiger partial charge in [-0.05, 0) is 50.4 Å².